The van der Waals surface area contributed by atoms with Gasteiger partial charge in [-0.15, -0.1) is 0 Å². The SMILES string of the molecule is CCS(=O)(=O)N1CCN(c2ccc([N+](=O)[O-])c(NCC3CCCO3)c2)CC1.CCc1ccc(N(C(=O)c2snc(C(N)=O)c2N)C(C(=O)NC2CCCC2)c2ccco2)cc1.COc1ccc(N2CCN(C(=O)c3cc(C)on3)CC2)cc1.COc1nccc(NCc2ccccc2)c1C#N. The molecule has 4 amide bonds. The summed E-state index contributed by atoms with van der Waals surface area (Å²) in [5.74, 6) is 0.431. The van der Waals surface area contributed by atoms with E-state index in [0.29, 0.717) is 92.4 Å². The van der Waals surface area contributed by atoms with Crippen LogP contribution < -0.4 is 51.6 Å². The molecule has 0 bridgehead atoms. The zero-order chi connectivity index (χ0) is 72.0. The Morgan fingerprint density at radius 3 is 2.10 bits per heavy atom. The van der Waals surface area contributed by atoms with Crippen molar-refractivity contribution in [2.24, 2.45) is 5.73 Å². The van der Waals surface area contributed by atoms with Crippen LogP contribution in [0.5, 0.6) is 11.6 Å². The van der Waals surface area contributed by atoms with E-state index in [-0.39, 0.29) is 51.7 Å². The lowest BCUT2D eigenvalue weighted by molar-refractivity contribution is -0.384. The second-order valence-corrected chi connectivity index (χ2v) is 27.0. The molecule has 7 heterocycles. The van der Waals surface area contributed by atoms with E-state index in [1.165, 1.54) is 28.6 Å². The van der Waals surface area contributed by atoms with Crippen LogP contribution in [-0.4, -0.2) is 158 Å². The standard InChI is InChI=1S/C24H27N5O4S.C17H26N4O5S.C16H19N3O3.C14H13N3O/c1-2-14-9-11-16(12-10-14)29(24(32)21-18(25)19(22(26)30)28-34-21)20(17-8-5-13-33-17)23(31)27-15-6-3-4-7-15;1-2-27(24,25)20-9-7-19(8-10-20)14-5-6-17(21(22)23)16(12-14)18-13-15-4-3-11-26-15;1-12-11-15(17-22-12)16(20)19-9-7-18(8-10-19)13-3-5-14(21-2)6-4-13;1-18-14-12(9-15)13(7-8-16-14)17-10-11-5-3-2-4-6-11/h5,8-13,15,20H,2-4,6-7,25H2,1H3,(H2,26,30)(H,27,31);5-6,12,15,18H,2-4,7-11,13H2,1H3;3-6,11H,7-10H2,1-2H3;2-8H,10H2,1H3,(H,16,17). The highest BCUT2D eigenvalue weighted by atomic mass is 32.2. The van der Waals surface area contributed by atoms with Crippen molar-refractivity contribution in [2.75, 3.05) is 117 Å². The number of ether oxygens (including phenoxy) is 3. The molecule has 7 N–H and O–H groups in total. The highest BCUT2D eigenvalue weighted by Crippen LogP contribution is 2.36. The number of primary amides is 1. The summed E-state index contributed by atoms with van der Waals surface area (Å²) in [6.45, 7) is 12.3. The number of pyridine rings is 1. The maximum absolute atomic E-state index is 13.9. The van der Waals surface area contributed by atoms with Gasteiger partial charge < -0.3 is 65.3 Å². The lowest BCUT2D eigenvalue weighted by Gasteiger charge is -2.35. The van der Waals surface area contributed by atoms with Crippen LogP contribution in [0.3, 0.4) is 0 Å². The zero-order valence-corrected chi connectivity index (χ0v) is 58.8. The summed E-state index contributed by atoms with van der Waals surface area (Å²) >= 11 is 0.773. The van der Waals surface area contributed by atoms with Crippen LogP contribution in [0.25, 0.3) is 0 Å². The van der Waals surface area contributed by atoms with Crippen LogP contribution in [0.1, 0.15) is 117 Å². The summed E-state index contributed by atoms with van der Waals surface area (Å²) in [4.78, 5) is 73.9. The Morgan fingerprint density at radius 1 is 0.822 bits per heavy atom. The number of methoxy groups -OCH3 is 2. The van der Waals surface area contributed by atoms with Gasteiger partial charge in [0.25, 0.3) is 29.3 Å². The van der Waals surface area contributed by atoms with E-state index in [2.05, 4.69) is 46.3 Å². The summed E-state index contributed by atoms with van der Waals surface area (Å²) in [5, 5.41) is 33.7. The molecule has 101 heavy (non-hydrogen) atoms. The third-order valence-electron chi connectivity index (χ3n) is 17.5. The van der Waals surface area contributed by atoms with Gasteiger partial charge in [-0.2, -0.15) is 13.9 Å². The van der Waals surface area contributed by atoms with Crippen LogP contribution in [0.2, 0.25) is 0 Å². The first-order chi connectivity index (χ1) is 48.8. The van der Waals surface area contributed by atoms with Crippen LogP contribution in [0, 0.1) is 28.4 Å². The predicted octanol–water partition coefficient (Wildman–Crippen LogP) is 9.61. The van der Waals surface area contributed by atoms with Crippen LogP contribution in [0.4, 0.5) is 39.8 Å². The summed E-state index contributed by atoms with van der Waals surface area (Å²) in [6.07, 6.45) is 9.81. The molecule has 4 fully saturated rings. The summed E-state index contributed by atoms with van der Waals surface area (Å²) in [7, 11) is -0.0181. The number of hydrogen-bond donors (Lipinski definition) is 5. The van der Waals surface area contributed by atoms with E-state index in [0.717, 1.165) is 110 Å². The van der Waals surface area contributed by atoms with E-state index in [9.17, 15) is 37.7 Å². The number of sulfonamides is 1. The number of nitrogen functional groups attached to an aromatic ring is 1. The number of amides is 4. The fourth-order valence-corrected chi connectivity index (χ4v) is 13.7. The molecule has 30 heteroatoms. The average Bonchev–Trinajstić information content (AvgIpc) is 1.75. The van der Waals surface area contributed by atoms with Crippen molar-refractivity contribution in [1.29, 1.82) is 5.26 Å². The second kappa shape index (κ2) is 35.9. The maximum atomic E-state index is 13.9. The van der Waals surface area contributed by atoms with Gasteiger partial charge in [0.05, 0.1) is 48.6 Å². The molecule has 1 saturated carbocycles. The number of rotatable bonds is 22. The van der Waals surface area contributed by atoms with Crippen molar-refractivity contribution in [2.45, 2.75) is 90.4 Å². The smallest absolute Gasteiger partial charge is 0.292 e. The molecule has 534 valence electrons. The number of piperazine rings is 2. The number of aromatic nitrogens is 3. The number of nitrogens with one attached hydrogen (secondary N) is 3. The fourth-order valence-electron chi connectivity index (χ4n) is 11.9. The Hall–Kier alpha value is -10.6. The number of nitro benzene ring substituents is 1. The minimum Gasteiger partial charge on any atom is -0.497 e. The number of nitriles is 1. The summed E-state index contributed by atoms with van der Waals surface area (Å²) in [5.41, 5.74) is 17.9. The molecule has 2 unspecified atom stereocenters. The van der Waals surface area contributed by atoms with Gasteiger partial charge in [-0.3, -0.25) is 34.2 Å². The molecule has 1 aliphatic carbocycles. The Morgan fingerprint density at radius 2 is 1.51 bits per heavy atom. The van der Waals surface area contributed by atoms with Crippen LogP contribution in [0.15, 0.2) is 143 Å². The van der Waals surface area contributed by atoms with E-state index in [1.54, 1.807) is 75.7 Å². The molecule has 28 nitrogen and oxygen atoms in total. The molecule has 4 aromatic carbocycles. The molecule has 0 radical (unpaired) electrons. The molecule has 3 aliphatic heterocycles. The van der Waals surface area contributed by atoms with Crippen molar-refractivity contribution in [3.05, 3.63) is 188 Å². The first-order valence-corrected chi connectivity index (χ1v) is 35.7. The molecule has 4 aliphatic rings. The maximum Gasteiger partial charge on any atom is 0.292 e. The van der Waals surface area contributed by atoms with Gasteiger partial charge in [0.1, 0.15) is 39.5 Å². The lowest BCUT2D eigenvalue weighted by Crippen LogP contribution is -2.49. The third kappa shape index (κ3) is 19.7. The van der Waals surface area contributed by atoms with Crippen LogP contribution >= 0.6 is 11.5 Å². The van der Waals surface area contributed by atoms with Crippen molar-refractivity contribution >= 4 is 85.0 Å². The van der Waals surface area contributed by atoms with Gasteiger partial charge in [0.2, 0.25) is 15.9 Å². The monoisotopic (exact) mass is 1420 g/mol. The van der Waals surface area contributed by atoms with Gasteiger partial charge in [-0.25, -0.2) is 13.4 Å². The number of nitro groups is 1. The quantitative estimate of drug-likeness (QED) is 0.0311. The molecule has 8 aromatic rings. The van der Waals surface area contributed by atoms with Crippen molar-refractivity contribution < 1.29 is 55.7 Å². The van der Waals surface area contributed by atoms with Crippen molar-refractivity contribution in [1.82, 2.24) is 29.0 Å². The Kier molecular flexibility index (Phi) is 26.6. The number of nitrogens with zero attached hydrogens (tertiary/aromatic N) is 10. The predicted molar refractivity (Wildman–Crippen MR) is 385 cm³/mol. The topological polar surface area (TPSA) is 366 Å². The average molecular weight is 1420 g/mol. The van der Waals surface area contributed by atoms with E-state index in [1.807, 2.05) is 78.6 Å². The number of anilines is 6. The minimum absolute atomic E-state index is 0.0265. The number of furan rings is 1. The highest BCUT2D eigenvalue weighted by molar-refractivity contribution is 7.89. The summed E-state index contributed by atoms with van der Waals surface area (Å²) < 4.78 is 55.8. The Bertz CT molecular complexity index is 4200. The normalized spacial score (nSPS) is 15.6. The van der Waals surface area contributed by atoms with Crippen LogP contribution in [-0.2, 0) is 32.5 Å². The molecule has 12 rings (SSSR count). The Labute approximate surface area is 590 Å². The number of nitrogens with two attached hydrogens (primary N) is 2. The number of carbonyl (C=O) groups excluding carboxylic acids is 4. The second-order valence-electron chi connectivity index (χ2n) is 24.0. The van der Waals surface area contributed by atoms with Gasteiger partial charge in [-0.1, -0.05) is 67.4 Å². The largest absolute Gasteiger partial charge is 0.497 e. The minimum atomic E-state index is -3.18. The fraction of sp³-hybridized carbons (Fsp3) is 0.380. The number of benzene rings is 4. The molecule has 3 saturated heterocycles. The van der Waals surface area contributed by atoms with Gasteiger partial charge in [-0.05, 0) is 135 Å². The molecule has 4 aromatic heterocycles. The van der Waals surface area contributed by atoms with Crippen molar-refractivity contribution in [3.8, 4) is 17.7 Å². The Balaban J connectivity index is 0.000000161. The highest BCUT2D eigenvalue weighted by Gasteiger charge is 2.39. The van der Waals surface area contributed by atoms with Gasteiger partial charge in [0.15, 0.2) is 17.4 Å². The zero-order valence-electron chi connectivity index (χ0n) is 57.1. The van der Waals surface area contributed by atoms with Gasteiger partial charge in [0, 0.05) is 113 Å². The molecular formula is C71H85N15O13S2. The van der Waals surface area contributed by atoms with E-state index >= 15 is 0 Å². The first kappa shape index (κ1) is 74.6. The molecular weight excluding hydrogens is 1340 g/mol. The number of aryl methyl sites for hydroxylation is 2. The van der Waals surface area contributed by atoms with Crippen molar-refractivity contribution in [3.63, 3.8) is 0 Å². The van der Waals surface area contributed by atoms with E-state index < -0.39 is 32.8 Å². The first-order valence-electron chi connectivity index (χ1n) is 33.3. The molecule has 0 spiro atoms. The molecule has 2 atom stereocenters. The number of carbonyl (C=O) groups is 4. The van der Waals surface area contributed by atoms with E-state index in [4.69, 9.17) is 39.9 Å². The third-order valence-corrected chi connectivity index (χ3v) is 20.2. The number of hydrogen-bond acceptors (Lipinski definition) is 23. The van der Waals surface area contributed by atoms with Gasteiger partial charge >= 0.3 is 0 Å². The summed E-state index contributed by atoms with van der Waals surface area (Å²) in [6, 6.07) is 38.1. The lowest BCUT2D eigenvalue weighted by atomic mass is 10.1.